The predicted molar refractivity (Wildman–Crippen MR) is 130 cm³/mol. The highest BCUT2D eigenvalue weighted by Gasteiger charge is 2.19. The Bertz CT molecular complexity index is 1230. The summed E-state index contributed by atoms with van der Waals surface area (Å²) in [6.45, 7) is 5.57. The molecule has 10 heteroatoms. The molecule has 34 heavy (non-hydrogen) atoms. The van der Waals surface area contributed by atoms with Crippen molar-refractivity contribution in [3.05, 3.63) is 50.6 Å². The van der Waals surface area contributed by atoms with Crippen LogP contribution in [0.15, 0.2) is 27.9 Å². The summed E-state index contributed by atoms with van der Waals surface area (Å²) in [5.41, 5.74) is 0.711. The number of hydrogen-bond donors (Lipinski definition) is 2. The summed E-state index contributed by atoms with van der Waals surface area (Å²) in [5, 5.41) is 2.89. The molecule has 0 saturated heterocycles. The van der Waals surface area contributed by atoms with Gasteiger partial charge in [0, 0.05) is 44.2 Å². The van der Waals surface area contributed by atoms with Gasteiger partial charge in [-0.2, -0.15) is 0 Å². The van der Waals surface area contributed by atoms with E-state index in [2.05, 4.69) is 27.2 Å². The second-order valence-electron chi connectivity index (χ2n) is 8.27. The molecule has 0 atom stereocenters. The zero-order valence-corrected chi connectivity index (χ0v) is 20.2. The quantitative estimate of drug-likeness (QED) is 0.370. The van der Waals surface area contributed by atoms with Crippen molar-refractivity contribution in [1.82, 2.24) is 29.4 Å². The number of fused-ring (bicyclic) bond motifs is 1. The zero-order chi connectivity index (χ0) is 24.5. The fraction of sp³-hybridized carbons (Fsp3) is 0.542. The van der Waals surface area contributed by atoms with E-state index in [1.165, 1.54) is 4.57 Å². The zero-order valence-electron chi connectivity index (χ0n) is 20.2. The molecule has 0 saturated carbocycles. The Balaban J connectivity index is 1.82. The van der Waals surface area contributed by atoms with Crippen molar-refractivity contribution in [2.24, 2.45) is 0 Å². The Hall–Kier alpha value is -3.43. The van der Waals surface area contributed by atoms with E-state index in [1.54, 1.807) is 19.4 Å². The van der Waals surface area contributed by atoms with Gasteiger partial charge in [0.2, 0.25) is 11.8 Å². The molecule has 0 aliphatic carbocycles. The standard InChI is InChI=1S/C24H34N6O4/c1-4-6-8-15-29-18(11-12-19(31)26-16-17-10-9-13-25-23(17)34-3)27-21-20(29)22(32)28-24(33)30(21)14-7-5-2/h9-10,13H,4-8,11-12,14-16H2,1-3H3,(H,26,31)(H,28,32,33). The van der Waals surface area contributed by atoms with E-state index < -0.39 is 11.2 Å². The van der Waals surface area contributed by atoms with E-state index in [-0.39, 0.29) is 12.3 Å². The number of nitrogens with one attached hydrogen (secondary N) is 2. The van der Waals surface area contributed by atoms with Crippen molar-refractivity contribution in [3.63, 3.8) is 0 Å². The molecule has 1 amide bonds. The third-order valence-corrected chi connectivity index (χ3v) is 5.78. The SMILES string of the molecule is CCCCCn1c(CCC(=O)NCc2cccnc2OC)nc2c1c(=O)[nH]c(=O)n2CCCC. The first-order valence-corrected chi connectivity index (χ1v) is 12.0. The largest absolute Gasteiger partial charge is 0.481 e. The van der Waals surface area contributed by atoms with Crippen molar-refractivity contribution >= 4 is 17.1 Å². The monoisotopic (exact) mass is 470 g/mol. The summed E-state index contributed by atoms with van der Waals surface area (Å²) in [5.74, 6) is 0.974. The number of nitrogens with zero attached hydrogens (tertiary/aromatic N) is 4. The van der Waals surface area contributed by atoms with E-state index in [0.717, 1.165) is 37.7 Å². The lowest BCUT2D eigenvalue weighted by Crippen LogP contribution is -2.31. The normalized spacial score (nSPS) is 11.1. The number of carbonyl (C=O) groups is 1. The summed E-state index contributed by atoms with van der Waals surface area (Å²) in [7, 11) is 1.54. The number of aromatic nitrogens is 5. The van der Waals surface area contributed by atoms with Crippen LogP contribution in [0.5, 0.6) is 5.88 Å². The molecule has 0 spiro atoms. The van der Waals surface area contributed by atoms with Crippen LogP contribution in [0.1, 0.15) is 63.8 Å². The summed E-state index contributed by atoms with van der Waals surface area (Å²) >= 11 is 0. The first-order valence-electron chi connectivity index (χ1n) is 12.0. The molecule has 3 rings (SSSR count). The Morgan fingerprint density at radius 1 is 1.12 bits per heavy atom. The maximum atomic E-state index is 12.7. The Kier molecular flexibility index (Phi) is 9.00. The van der Waals surface area contributed by atoms with Gasteiger partial charge in [0.15, 0.2) is 11.2 Å². The van der Waals surface area contributed by atoms with Gasteiger partial charge in [-0.1, -0.05) is 39.2 Å². The van der Waals surface area contributed by atoms with Crippen molar-refractivity contribution in [2.45, 2.75) is 78.4 Å². The molecular formula is C24H34N6O4. The first kappa shape index (κ1) is 25.2. The molecule has 184 valence electrons. The molecular weight excluding hydrogens is 436 g/mol. The molecule has 0 unspecified atom stereocenters. The maximum Gasteiger partial charge on any atom is 0.330 e. The number of methoxy groups -OCH3 is 1. The molecule has 3 aromatic rings. The van der Waals surface area contributed by atoms with Gasteiger partial charge in [-0.15, -0.1) is 0 Å². The van der Waals surface area contributed by atoms with E-state index in [9.17, 15) is 14.4 Å². The number of hydrogen-bond acceptors (Lipinski definition) is 6. The van der Waals surface area contributed by atoms with E-state index in [4.69, 9.17) is 4.74 Å². The highest BCUT2D eigenvalue weighted by molar-refractivity contribution is 5.76. The minimum atomic E-state index is -0.445. The number of H-pyrrole nitrogens is 1. The molecule has 0 radical (unpaired) electrons. The Labute approximate surface area is 198 Å². The molecule has 10 nitrogen and oxygen atoms in total. The molecule has 0 bridgehead atoms. The number of rotatable bonds is 13. The smallest absolute Gasteiger partial charge is 0.330 e. The van der Waals surface area contributed by atoms with E-state index in [0.29, 0.717) is 48.9 Å². The van der Waals surface area contributed by atoms with Crippen LogP contribution in [0, 0.1) is 0 Å². The average molecular weight is 471 g/mol. The number of aromatic amines is 1. The highest BCUT2D eigenvalue weighted by atomic mass is 16.5. The van der Waals surface area contributed by atoms with Crippen LogP contribution in [0.2, 0.25) is 0 Å². The van der Waals surface area contributed by atoms with Crippen molar-refractivity contribution < 1.29 is 9.53 Å². The van der Waals surface area contributed by atoms with Crippen LogP contribution in [0.25, 0.3) is 11.2 Å². The highest BCUT2D eigenvalue weighted by Crippen LogP contribution is 2.16. The van der Waals surface area contributed by atoms with Gasteiger partial charge in [-0.3, -0.25) is 19.1 Å². The summed E-state index contributed by atoms with van der Waals surface area (Å²) < 4.78 is 8.64. The van der Waals surface area contributed by atoms with Gasteiger partial charge in [0.05, 0.1) is 7.11 Å². The van der Waals surface area contributed by atoms with Gasteiger partial charge in [0.25, 0.3) is 5.56 Å². The van der Waals surface area contributed by atoms with Gasteiger partial charge < -0.3 is 14.6 Å². The summed E-state index contributed by atoms with van der Waals surface area (Å²) in [4.78, 5) is 49.0. The van der Waals surface area contributed by atoms with Crippen LogP contribution in [0.4, 0.5) is 0 Å². The number of amides is 1. The Morgan fingerprint density at radius 2 is 1.88 bits per heavy atom. The van der Waals surface area contributed by atoms with Crippen LogP contribution in [-0.2, 0) is 30.8 Å². The summed E-state index contributed by atoms with van der Waals surface area (Å²) in [6.07, 6.45) is 6.86. The third-order valence-electron chi connectivity index (χ3n) is 5.78. The van der Waals surface area contributed by atoms with Gasteiger partial charge >= 0.3 is 5.69 Å². The molecule has 0 fully saturated rings. The fourth-order valence-electron chi connectivity index (χ4n) is 3.94. The average Bonchev–Trinajstić information content (AvgIpc) is 3.20. The lowest BCUT2D eigenvalue weighted by Gasteiger charge is -2.10. The number of unbranched alkanes of at least 4 members (excludes halogenated alkanes) is 3. The third kappa shape index (κ3) is 5.92. The van der Waals surface area contributed by atoms with Gasteiger partial charge in [-0.25, -0.2) is 14.8 Å². The van der Waals surface area contributed by atoms with Crippen molar-refractivity contribution in [3.8, 4) is 5.88 Å². The van der Waals surface area contributed by atoms with Crippen LogP contribution in [0.3, 0.4) is 0 Å². The lowest BCUT2D eigenvalue weighted by atomic mass is 10.2. The number of ether oxygens (including phenoxy) is 1. The molecule has 3 heterocycles. The fourth-order valence-corrected chi connectivity index (χ4v) is 3.94. The molecule has 0 aliphatic heterocycles. The molecule has 0 aliphatic rings. The van der Waals surface area contributed by atoms with Crippen LogP contribution >= 0.6 is 0 Å². The molecule has 2 N–H and O–H groups in total. The number of aryl methyl sites for hydroxylation is 3. The lowest BCUT2D eigenvalue weighted by molar-refractivity contribution is -0.121. The van der Waals surface area contributed by atoms with Crippen LogP contribution < -0.4 is 21.3 Å². The van der Waals surface area contributed by atoms with Gasteiger partial charge in [-0.05, 0) is 18.9 Å². The summed E-state index contributed by atoms with van der Waals surface area (Å²) in [6, 6.07) is 3.64. The van der Waals surface area contributed by atoms with Crippen LogP contribution in [-0.4, -0.2) is 37.1 Å². The maximum absolute atomic E-state index is 12.7. The number of carbonyl (C=O) groups excluding carboxylic acids is 1. The van der Waals surface area contributed by atoms with E-state index in [1.807, 2.05) is 17.6 Å². The number of pyridine rings is 1. The predicted octanol–water partition coefficient (Wildman–Crippen LogP) is 2.53. The topological polar surface area (TPSA) is 124 Å². The minimum Gasteiger partial charge on any atom is -0.481 e. The van der Waals surface area contributed by atoms with E-state index >= 15 is 0 Å². The first-order chi connectivity index (χ1) is 16.5. The van der Waals surface area contributed by atoms with Crippen molar-refractivity contribution in [2.75, 3.05) is 7.11 Å². The minimum absolute atomic E-state index is 0.143. The Morgan fingerprint density at radius 3 is 2.62 bits per heavy atom. The molecule has 0 aromatic carbocycles. The number of imidazole rings is 1. The van der Waals surface area contributed by atoms with Gasteiger partial charge in [0.1, 0.15) is 5.82 Å². The molecule has 3 aromatic heterocycles. The second-order valence-corrected chi connectivity index (χ2v) is 8.27. The second kappa shape index (κ2) is 12.2. The van der Waals surface area contributed by atoms with Crippen molar-refractivity contribution in [1.29, 1.82) is 0 Å².